The molecule has 0 radical (unpaired) electrons. The molecule has 3 rings (SSSR count). The number of carbonyl (C=O) groups excluding carboxylic acids is 3. The minimum Gasteiger partial charge on any atom is -0.504 e. The van der Waals surface area contributed by atoms with Crippen LogP contribution in [0.25, 0.3) is 6.08 Å². The number of nitrogens with one attached hydrogen (secondary N) is 1. The van der Waals surface area contributed by atoms with Gasteiger partial charge in [-0.2, -0.15) is 0 Å². The van der Waals surface area contributed by atoms with E-state index in [1.807, 2.05) is 0 Å². The Morgan fingerprint density at radius 3 is 2.52 bits per heavy atom. The summed E-state index contributed by atoms with van der Waals surface area (Å²) in [7, 11) is 1.40. The van der Waals surface area contributed by atoms with Crippen molar-refractivity contribution in [2.24, 2.45) is 0 Å². The molecule has 8 heteroatoms. The number of amides is 4. The number of allylic oxidation sites excluding steroid dienone is 1. The molecule has 2 aromatic carbocycles. The zero-order valence-corrected chi connectivity index (χ0v) is 17.0. The van der Waals surface area contributed by atoms with Crippen LogP contribution >= 0.6 is 15.9 Å². The number of nitrogens with zero attached hydrogens (tertiary/aromatic N) is 1. The number of ether oxygens (including phenoxy) is 1. The molecule has 1 fully saturated rings. The van der Waals surface area contributed by atoms with Gasteiger partial charge in [-0.1, -0.05) is 22.0 Å². The Kier molecular flexibility index (Phi) is 5.84. The number of urea groups is 1. The van der Waals surface area contributed by atoms with Crippen LogP contribution in [0.5, 0.6) is 11.5 Å². The third-order valence-corrected chi connectivity index (χ3v) is 4.79. The van der Waals surface area contributed by atoms with Crippen LogP contribution in [0, 0.1) is 0 Å². The fourth-order valence-electron chi connectivity index (χ4n) is 2.89. The van der Waals surface area contributed by atoms with Crippen molar-refractivity contribution in [3.05, 3.63) is 70.2 Å². The Hall–Kier alpha value is -3.39. The summed E-state index contributed by atoms with van der Waals surface area (Å²) in [6, 6.07) is 8.82. The molecule has 0 aromatic heterocycles. The summed E-state index contributed by atoms with van der Waals surface area (Å²) in [5.41, 5.74) is 1.09. The summed E-state index contributed by atoms with van der Waals surface area (Å²) in [4.78, 5) is 38.4. The van der Waals surface area contributed by atoms with Crippen molar-refractivity contribution in [2.45, 2.75) is 6.42 Å². The average Bonchev–Trinajstić information content (AvgIpc) is 2.68. The van der Waals surface area contributed by atoms with Crippen LogP contribution in [0.3, 0.4) is 0 Å². The molecule has 29 heavy (non-hydrogen) atoms. The van der Waals surface area contributed by atoms with Gasteiger partial charge in [0, 0.05) is 10.0 Å². The largest absolute Gasteiger partial charge is 0.504 e. The Morgan fingerprint density at radius 1 is 1.21 bits per heavy atom. The summed E-state index contributed by atoms with van der Waals surface area (Å²) in [5, 5.41) is 12.4. The zero-order chi connectivity index (χ0) is 21.1. The molecule has 0 unspecified atom stereocenters. The lowest BCUT2D eigenvalue weighted by molar-refractivity contribution is -0.122. The lowest BCUT2D eigenvalue weighted by Gasteiger charge is -2.26. The number of rotatable bonds is 5. The monoisotopic (exact) mass is 456 g/mol. The zero-order valence-electron chi connectivity index (χ0n) is 15.4. The van der Waals surface area contributed by atoms with E-state index < -0.39 is 17.8 Å². The summed E-state index contributed by atoms with van der Waals surface area (Å²) in [6.45, 7) is 3.65. The molecule has 7 nitrogen and oxygen atoms in total. The van der Waals surface area contributed by atoms with Crippen molar-refractivity contribution in [3.8, 4) is 11.5 Å². The highest BCUT2D eigenvalue weighted by atomic mass is 79.9. The van der Waals surface area contributed by atoms with Crippen molar-refractivity contribution in [1.29, 1.82) is 0 Å². The first-order valence-corrected chi connectivity index (χ1v) is 9.32. The lowest BCUT2D eigenvalue weighted by Crippen LogP contribution is -2.54. The molecular weight excluding hydrogens is 440 g/mol. The first-order chi connectivity index (χ1) is 13.8. The van der Waals surface area contributed by atoms with Crippen LogP contribution in [0.15, 0.2) is 59.1 Å². The molecule has 2 aromatic rings. The minimum atomic E-state index is -0.824. The Labute approximate surface area is 175 Å². The third kappa shape index (κ3) is 4.07. The highest BCUT2D eigenvalue weighted by Gasteiger charge is 2.36. The molecular formula is C21H17BrN2O5. The van der Waals surface area contributed by atoms with Crippen LogP contribution in [0.1, 0.15) is 11.1 Å². The number of barbiturate groups is 1. The minimum absolute atomic E-state index is 0.0411. The van der Waals surface area contributed by atoms with Gasteiger partial charge in [-0.25, -0.2) is 9.69 Å². The predicted octanol–water partition coefficient (Wildman–Crippen LogP) is 3.56. The number of carbonyl (C=O) groups is 3. The van der Waals surface area contributed by atoms with Crippen LogP contribution in [-0.4, -0.2) is 30.1 Å². The second kappa shape index (κ2) is 8.32. The summed E-state index contributed by atoms with van der Waals surface area (Å²) in [6.07, 6.45) is 3.32. The van der Waals surface area contributed by atoms with E-state index in [0.717, 1.165) is 9.37 Å². The average molecular weight is 457 g/mol. The van der Waals surface area contributed by atoms with Crippen LogP contribution in [-0.2, 0) is 16.0 Å². The van der Waals surface area contributed by atoms with Gasteiger partial charge in [0.25, 0.3) is 11.8 Å². The normalized spacial score (nSPS) is 15.4. The molecule has 0 aliphatic carbocycles. The molecule has 148 valence electrons. The van der Waals surface area contributed by atoms with Crippen LogP contribution in [0.2, 0.25) is 0 Å². The van der Waals surface area contributed by atoms with E-state index in [9.17, 15) is 19.5 Å². The van der Waals surface area contributed by atoms with Gasteiger partial charge in [0.1, 0.15) is 5.57 Å². The second-order valence-corrected chi connectivity index (χ2v) is 7.07. The van der Waals surface area contributed by atoms with Gasteiger partial charge in [0.05, 0.1) is 12.8 Å². The smallest absolute Gasteiger partial charge is 0.335 e. The molecule has 2 N–H and O–H groups in total. The molecule has 0 atom stereocenters. The molecule has 1 heterocycles. The maximum absolute atomic E-state index is 12.9. The molecule has 1 aliphatic heterocycles. The highest BCUT2D eigenvalue weighted by Crippen LogP contribution is 2.33. The van der Waals surface area contributed by atoms with Gasteiger partial charge in [-0.05, 0) is 54.5 Å². The van der Waals surface area contributed by atoms with E-state index in [4.69, 9.17) is 4.74 Å². The van der Waals surface area contributed by atoms with E-state index in [1.165, 1.54) is 19.3 Å². The summed E-state index contributed by atoms with van der Waals surface area (Å²) >= 11 is 3.30. The highest BCUT2D eigenvalue weighted by molar-refractivity contribution is 9.10. The first-order valence-electron chi connectivity index (χ1n) is 8.53. The number of benzene rings is 2. The predicted molar refractivity (Wildman–Crippen MR) is 112 cm³/mol. The van der Waals surface area contributed by atoms with E-state index >= 15 is 0 Å². The van der Waals surface area contributed by atoms with Gasteiger partial charge in [0.15, 0.2) is 11.5 Å². The van der Waals surface area contributed by atoms with Crippen molar-refractivity contribution in [3.63, 3.8) is 0 Å². The number of methoxy groups -OCH3 is 1. The standard InChI is InChI=1S/C21H17BrN2O5/c1-3-4-13-9-12(11-17(29-2)18(13)25)10-16-19(26)23-21(28)24(20(16)27)15-7-5-14(22)6-8-15/h3,5-11,25H,1,4H2,2H3,(H,23,26,28)/b16-10+. The number of aromatic hydroxyl groups is 1. The maximum atomic E-state index is 12.9. The van der Waals surface area contributed by atoms with Crippen molar-refractivity contribution < 1.29 is 24.2 Å². The number of anilines is 1. The quantitative estimate of drug-likeness (QED) is 0.407. The van der Waals surface area contributed by atoms with E-state index in [1.54, 1.807) is 36.4 Å². The summed E-state index contributed by atoms with van der Waals surface area (Å²) < 4.78 is 5.95. The molecule has 1 aliphatic rings. The summed E-state index contributed by atoms with van der Waals surface area (Å²) in [5.74, 6) is -1.40. The van der Waals surface area contributed by atoms with Gasteiger partial charge in [-0.15, -0.1) is 6.58 Å². The SMILES string of the molecule is C=CCc1cc(/C=C2\C(=O)NC(=O)N(c3ccc(Br)cc3)C2=O)cc(OC)c1O. The van der Waals surface area contributed by atoms with Crippen LogP contribution in [0.4, 0.5) is 10.5 Å². The number of phenols is 1. The number of halogens is 1. The van der Waals surface area contributed by atoms with Crippen molar-refractivity contribution in [1.82, 2.24) is 5.32 Å². The van der Waals surface area contributed by atoms with E-state index in [0.29, 0.717) is 23.2 Å². The molecule has 4 amide bonds. The van der Waals surface area contributed by atoms with Gasteiger partial charge in [0.2, 0.25) is 0 Å². The number of imide groups is 2. The van der Waals surface area contributed by atoms with Crippen molar-refractivity contribution in [2.75, 3.05) is 12.0 Å². The van der Waals surface area contributed by atoms with Crippen LogP contribution < -0.4 is 15.0 Å². The fraction of sp³-hybridized carbons (Fsp3) is 0.0952. The Balaban J connectivity index is 2.06. The topological polar surface area (TPSA) is 95.9 Å². The number of hydrogen-bond acceptors (Lipinski definition) is 5. The van der Waals surface area contributed by atoms with Gasteiger partial charge >= 0.3 is 6.03 Å². The first kappa shape index (κ1) is 20.3. The second-order valence-electron chi connectivity index (χ2n) is 6.16. The van der Waals surface area contributed by atoms with Gasteiger partial charge in [-0.3, -0.25) is 14.9 Å². The maximum Gasteiger partial charge on any atom is 0.335 e. The number of hydrogen-bond donors (Lipinski definition) is 2. The third-order valence-electron chi connectivity index (χ3n) is 4.26. The molecule has 0 spiro atoms. The van der Waals surface area contributed by atoms with Gasteiger partial charge < -0.3 is 9.84 Å². The fourth-order valence-corrected chi connectivity index (χ4v) is 3.15. The molecule has 0 saturated carbocycles. The molecule has 1 saturated heterocycles. The van der Waals surface area contributed by atoms with Crippen molar-refractivity contribution >= 4 is 45.5 Å². The van der Waals surface area contributed by atoms with E-state index in [-0.39, 0.29) is 17.1 Å². The lowest BCUT2D eigenvalue weighted by atomic mass is 10.0. The number of phenolic OH excluding ortho intramolecular Hbond substituents is 1. The molecule has 0 bridgehead atoms. The Bertz CT molecular complexity index is 1040. The Morgan fingerprint density at radius 2 is 1.90 bits per heavy atom. The van der Waals surface area contributed by atoms with E-state index in [2.05, 4.69) is 27.8 Å².